The van der Waals surface area contributed by atoms with Crippen molar-refractivity contribution >= 4 is 23.6 Å². The van der Waals surface area contributed by atoms with Crippen LogP contribution in [0.25, 0.3) is 0 Å². The number of unbranched alkanes of at least 4 members (excludes halogenated alkanes) is 1. The topological polar surface area (TPSA) is 74.8 Å². The normalized spacial score (nSPS) is 32.6. The number of fused-ring (bicyclic) bond motifs is 4. The number of nitrogens with zero attached hydrogens (tertiary/aromatic N) is 2. The first-order valence-electron chi connectivity index (χ1n) is 15.1. The third kappa shape index (κ3) is 5.49. The number of carbonyl (C=O) groups excluding carboxylic acids is 4. The molecular weight excluding hydrogens is 488 g/mol. The van der Waals surface area contributed by atoms with Gasteiger partial charge in [0.15, 0.2) is 0 Å². The third-order valence-corrected chi connectivity index (χ3v) is 10.4. The van der Waals surface area contributed by atoms with Crippen LogP contribution >= 0.6 is 0 Å². The lowest BCUT2D eigenvalue weighted by molar-refractivity contribution is -0.139. The molecule has 0 N–H and O–H groups in total. The minimum atomic E-state index is -0.0876. The minimum absolute atomic E-state index is 0.0876. The number of rotatable bonds is 9. The number of imide groups is 2. The highest BCUT2D eigenvalue weighted by Gasteiger charge is 2.37. The maximum Gasteiger partial charge on any atom is 0.256 e. The van der Waals surface area contributed by atoms with Gasteiger partial charge in [-0.1, -0.05) is 30.7 Å². The molecule has 4 aliphatic carbocycles. The second-order valence-corrected chi connectivity index (χ2v) is 12.7. The molecule has 0 aromatic carbocycles. The number of hydrogen-bond donors (Lipinski definition) is 0. The summed E-state index contributed by atoms with van der Waals surface area (Å²) in [5, 5.41) is 0. The van der Waals surface area contributed by atoms with E-state index in [1.165, 1.54) is 41.9 Å². The molecule has 0 aromatic heterocycles. The fourth-order valence-electron chi connectivity index (χ4n) is 7.68. The molecule has 2 fully saturated rings. The average Bonchev–Trinajstić information content (AvgIpc) is 3.78. The van der Waals surface area contributed by atoms with Crippen LogP contribution in [0.4, 0.5) is 0 Å². The first kappa shape index (κ1) is 27.8. The molecule has 6 aliphatic rings. The van der Waals surface area contributed by atoms with Crippen LogP contribution in [0.1, 0.15) is 85.5 Å². The van der Waals surface area contributed by atoms with Gasteiger partial charge in [-0.3, -0.25) is 29.0 Å². The van der Waals surface area contributed by atoms with E-state index in [0.717, 1.165) is 61.2 Å². The van der Waals surface area contributed by atoms with Crippen LogP contribution in [-0.4, -0.2) is 46.5 Å². The number of allylic oxidation sites excluding steroid dienone is 4. The van der Waals surface area contributed by atoms with Crippen molar-refractivity contribution in [1.29, 1.82) is 0 Å². The van der Waals surface area contributed by atoms with E-state index in [2.05, 4.69) is 24.3 Å². The molecule has 0 radical (unpaired) electrons. The summed E-state index contributed by atoms with van der Waals surface area (Å²) in [5.74, 6) is 4.47. The van der Waals surface area contributed by atoms with Crippen molar-refractivity contribution in [3.05, 3.63) is 46.6 Å². The molecule has 0 spiro atoms. The van der Waals surface area contributed by atoms with Crippen LogP contribution in [0.15, 0.2) is 46.6 Å². The zero-order chi connectivity index (χ0) is 27.8. The standard InChI is InChI=1S/C17H23NO2.C16H21NO2/c1-11-12(2)17(20)18(16(11)19)8-4-3-5-14-9-13-6-7-15(14)10-13;1-10-11(2)16(19)17(15(10)18)7-3-4-13-8-12-5-6-14(13)9-12/h6-7,13-15H,3-5,8-10H2,1-2H3;5-6,12-14H,3-4,7-9H2,1-2H3. The summed E-state index contributed by atoms with van der Waals surface area (Å²) in [4.78, 5) is 50.5. The summed E-state index contributed by atoms with van der Waals surface area (Å²) >= 11 is 0. The molecule has 4 bridgehead atoms. The highest BCUT2D eigenvalue weighted by atomic mass is 16.2. The van der Waals surface area contributed by atoms with E-state index < -0.39 is 0 Å². The van der Waals surface area contributed by atoms with Gasteiger partial charge >= 0.3 is 0 Å². The van der Waals surface area contributed by atoms with Gasteiger partial charge in [0.25, 0.3) is 23.6 Å². The van der Waals surface area contributed by atoms with Gasteiger partial charge in [-0.05, 0) is 115 Å². The summed E-state index contributed by atoms with van der Waals surface area (Å²) in [6.45, 7) is 8.16. The van der Waals surface area contributed by atoms with Gasteiger partial charge in [-0.2, -0.15) is 0 Å². The molecule has 0 aromatic rings. The Balaban J connectivity index is 0.000000158. The molecule has 6 heteroatoms. The predicted octanol–water partition coefficient (Wildman–Crippen LogP) is 5.76. The van der Waals surface area contributed by atoms with Crippen molar-refractivity contribution in [3.8, 4) is 0 Å². The Morgan fingerprint density at radius 3 is 1.28 bits per heavy atom. The molecule has 6 rings (SSSR count). The Bertz CT molecular complexity index is 1130. The molecule has 0 saturated heterocycles. The van der Waals surface area contributed by atoms with E-state index in [9.17, 15) is 19.2 Å². The molecular formula is C33H44N2O4. The first-order valence-corrected chi connectivity index (χ1v) is 15.1. The smallest absolute Gasteiger partial charge is 0.256 e. The summed E-state index contributed by atoms with van der Waals surface area (Å²) in [5.41, 5.74) is 2.47. The van der Waals surface area contributed by atoms with Crippen LogP contribution in [0.5, 0.6) is 0 Å². The summed E-state index contributed by atoms with van der Waals surface area (Å²) in [6.07, 6.45) is 20.2. The van der Waals surface area contributed by atoms with E-state index in [4.69, 9.17) is 0 Å². The maximum atomic E-state index is 11.9. The molecule has 2 saturated carbocycles. The average molecular weight is 533 g/mol. The van der Waals surface area contributed by atoms with E-state index in [1.54, 1.807) is 27.7 Å². The Morgan fingerprint density at radius 2 is 0.923 bits per heavy atom. The number of hydrogen-bond acceptors (Lipinski definition) is 4. The van der Waals surface area contributed by atoms with Gasteiger partial charge in [-0.15, -0.1) is 0 Å². The molecule has 4 amide bonds. The van der Waals surface area contributed by atoms with Gasteiger partial charge in [0, 0.05) is 35.4 Å². The van der Waals surface area contributed by atoms with Crippen LogP contribution in [0, 0.1) is 35.5 Å². The Hall–Kier alpha value is -2.76. The lowest BCUT2D eigenvalue weighted by Crippen LogP contribution is -2.32. The maximum absolute atomic E-state index is 11.9. The van der Waals surface area contributed by atoms with Gasteiger partial charge in [0.05, 0.1) is 0 Å². The summed E-state index contributed by atoms with van der Waals surface area (Å²) in [6, 6.07) is 0. The molecule has 2 aliphatic heterocycles. The largest absolute Gasteiger partial charge is 0.275 e. The minimum Gasteiger partial charge on any atom is -0.275 e. The van der Waals surface area contributed by atoms with E-state index in [0.29, 0.717) is 35.4 Å². The van der Waals surface area contributed by atoms with Gasteiger partial charge in [0.2, 0.25) is 0 Å². The molecule has 39 heavy (non-hydrogen) atoms. The molecule has 6 nitrogen and oxygen atoms in total. The van der Waals surface area contributed by atoms with E-state index in [1.807, 2.05) is 0 Å². The van der Waals surface area contributed by atoms with E-state index >= 15 is 0 Å². The molecule has 6 unspecified atom stereocenters. The number of amides is 4. The lowest BCUT2D eigenvalue weighted by Gasteiger charge is -2.20. The monoisotopic (exact) mass is 532 g/mol. The Kier molecular flexibility index (Phi) is 8.11. The third-order valence-electron chi connectivity index (χ3n) is 10.4. The molecule has 210 valence electrons. The van der Waals surface area contributed by atoms with Crippen molar-refractivity contribution < 1.29 is 19.2 Å². The number of carbonyl (C=O) groups is 4. The van der Waals surface area contributed by atoms with Crippen LogP contribution in [-0.2, 0) is 19.2 Å². The predicted molar refractivity (Wildman–Crippen MR) is 151 cm³/mol. The van der Waals surface area contributed by atoms with Crippen LogP contribution in [0.2, 0.25) is 0 Å². The van der Waals surface area contributed by atoms with Crippen LogP contribution in [0.3, 0.4) is 0 Å². The SMILES string of the molecule is CC1=C(C)C(=O)N(CCCC2CC3C=CC2C3)C1=O.CC1=C(C)C(=O)N(CCCCC2CC3C=CC2C3)C1=O. The van der Waals surface area contributed by atoms with Crippen LogP contribution < -0.4 is 0 Å². The van der Waals surface area contributed by atoms with Crippen molar-refractivity contribution in [2.24, 2.45) is 35.5 Å². The van der Waals surface area contributed by atoms with Crippen molar-refractivity contribution in [1.82, 2.24) is 9.80 Å². The lowest BCUT2D eigenvalue weighted by atomic mass is 9.89. The summed E-state index contributed by atoms with van der Waals surface area (Å²) < 4.78 is 0. The summed E-state index contributed by atoms with van der Waals surface area (Å²) in [7, 11) is 0. The van der Waals surface area contributed by atoms with Gasteiger partial charge < -0.3 is 0 Å². The zero-order valence-corrected chi connectivity index (χ0v) is 24.1. The van der Waals surface area contributed by atoms with Crippen molar-refractivity contribution in [2.45, 2.75) is 85.5 Å². The van der Waals surface area contributed by atoms with Gasteiger partial charge in [0.1, 0.15) is 0 Å². The molecule has 2 heterocycles. The second kappa shape index (κ2) is 11.4. The fourth-order valence-corrected chi connectivity index (χ4v) is 7.68. The Labute approximate surface area is 233 Å². The van der Waals surface area contributed by atoms with E-state index in [-0.39, 0.29) is 23.6 Å². The second-order valence-electron chi connectivity index (χ2n) is 12.7. The highest BCUT2D eigenvalue weighted by Crippen LogP contribution is 2.46. The van der Waals surface area contributed by atoms with Crippen molar-refractivity contribution in [3.63, 3.8) is 0 Å². The Morgan fingerprint density at radius 1 is 0.538 bits per heavy atom. The van der Waals surface area contributed by atoms with Gasteiger partial charge in [-0.25, -0.2) is 0 Å². The molecule has 6 atom stereocenters. The fraction of sp³-hybridized carbons (Fsp3) is 0.636. The quantitative estimate of drug-likeness (QED) is 0.215. The first-order chi connectivity index (χ1) is 18.7. The highest BCUT2D eigenvalue weighted by molar-refractivity contribution is 6.19. The van der Waals surface area contributed by atoms with Crippen molar-refractivity contribution in [2.75, 3.05) is 13.1 Å². The zero-order valence-electron chi connectivity index (χ0n) is 24.1.